The largest absolute Gasteiger partial charge is 0.506 e. The third-order valence-electron chi connectivity index (χ3n) is 4.25. The second-order valence-electron chi connectivity index (χ2n) is 6.58. The first kappa shape index (κ1) is 12.8. The van der Waals surface area contributed by atoms with Crippen LogP contribution >= 0.6 is 12.6 Å². The molecule has 0 saturated heterocycles. The van der Waals surface area contributed by atoms with Crippen molar-refractivity contribution in [2.75, 3.05) is 0 Å². The van der Waals surface area contributed by atoms with Crippen LogP contribution in [0.15, 0.2) is 11.0 Å². The van der Waals surface area contributed by atoms with E-state index in [1.165, 1.54) is 5.56 Å². The zero-order chi connectivity index (χ0) is 13.0. The summed E-state index contributed by atoms with van der Waals surface area (Å²) in [6.45, 7) is 11.0. The first-order chi connectivity index (χ1) is 7.67. The highest BCUT2D eigenvalue weighted by atomic mass is 32.1. The van der Waals surface area contributed by atoms with Crippen LogP contribution in [0.25, 0.3) is 0 Å². The molecular weight excluding hydrogens is 228 g/mol. The molecule has 0 atom stereocenters. The Kier molecular flexibility index (Phi) is 2.77. The Hall–Kier alpha value is -0.630. The zero-order valence-electron chi connectivity index (χ0n) is 11.4. The van der Waals surface area contributed by atoms with Crippen LogP contribution in [0.3, 0.4) is 0 Å². The molecule has 0 saturated carbocycles. The van der Waals surface area contributed by atoms with Gasteiger partial charge >= 0.3 is 0 Å². The maximum Gasteiger partial charge on any atom is 0.133 e. The lowest BCUT2D eigenvalue weighted by molar-refractivity contribution is 0.314. The third-order valence-corrected chi connectivity index (χ3v) is 4.81. The molecule has 0 radical (unpaired) electrons. The molecule has 1 aromatic rings. The number of hydrogen-bond donors (Lipinski definition) is 2. The average molecular weight is 250 g/mol. The van der Waals surface area contributed by atoms with Crippen LogP contribution in [0, 0.1) is 6.92 Å². The minimum atomic E-state index is 0.0418. The molecule has 1 N–H and O–H groups in total. The number of thiol groups is 1. The van der Waals surface area contributed by atoms with Gasteiger partial charge < -0.3 is 5.11 Å². The Morgan fingerprint density at radius 3 is 2.24 bits per heavy atom. The summed E-state index contributed by atoms with van der Waals surface area (Å²) in [6.07, 6.45) is 2.27. The van der Waals surface area contributed by atoms with Gasteiger partial charge in [-0.1, -0.05) is 33.8 Å². The van der Waals surface area contributed by atoms with E-state index in [0.717, 1.165) is 28.9 Å². The molecular formula is C15H22OS. The molecule has 0 aliphatic heterocycles. The van der Waals surface area contributed by atoms with E-state index in [0.29, 0.717) is 5.75 Å². The second kappa shape index (κ2) is 3.68. The molecule has 0 amide bonds. The van der Waals surface area contributed by atoms with Gasteiger partial charge in [0.15, 0.2) is 0 Å². The van der Waals surface area contributed by atoms with E-state index >= 15 is 0 Å². The van der Waals surface area contributed by atoms with Crippen molar-refractivity contribution in [3.05, 3.63) is 22.8 Å². The molecule has 94 valence electrons. The van der Waals surface area contributed by atoms with Gasteiger partial charge in [-0.25, -0.2) is 0 Å². The number of phenolic OH excluding ortho intramolecular Hbond substituents is 1. The van der Waals surface area contributed by atoms with E-state index in [9.17, 15) is 5.11 Å². The van der Waals surface area contributed by atoms with E-state index in [1.54, 1.807) is 0 Å². The fraction of sp³-hybridized carbons (Fsp3) is 0.600. The van der Waals surface area contributed by atoms with Gasteiger partial charge in [-0.2, -0.15) is 0 Å². The van der Waals surface area contributed by atoms with Crippen LogP contribution in [0.5, 0.6) is 5.75 Å². The van der Waals surface area contributed by atoms with E-state index in [4.69, 9.17) is 0 Å². The molecule has 2 heteroatoms. The maximum atomic E-state index is 10.4. The Balaban J connectivity index is 2.81. The number of phenols is 1. The summed E-state index contributed by atoms with van der Waals surface area (Å²) < 4.78 is 0. The molecule has 2 rings (SSSR count). The molecule has 1 aliphatic carbocycles. The van der Waals surface area contributed by atoms with Gasteiger partial charge in [0.05, 0.1) is 0 Å². The Morgan fingerprint density at radius 1 is 1.12 bits per heavy atom. The summed E-state index contributed by atoms with van der Waals surface area (Å²) in [5, 5.41) is 10.4. The molecule has 17 heavy (non-hydrogen) atoms. The minimum Gasteiger partial charge on any atom is -0.506 e. The summed E-state index contributed by atoms with van der Waals surface area (Å²) in [5.41, 5.74) is 3.65. The Labute approximate surface area is 110 Å². The van der Waals surface area contributed by atoms with E-state index in [1.807, 2.05) is 6.92 Å². The van der Waals surface area contributed by atoms with E-state index in [2.05, 4.69) is 46.4 Å². The van der Waals surface area contributed by atoms with Gasteiger partial charge in [-0.05, 0) is 41.7 Å². The molecule has 0 unspecified atom stereocenters. The monoisotopic (exact) mass is 250 g/mol. The van der Waals surface area contributed by atoms with Crippen molar-refractivity contribution in [3.8, 4) is 5.75 Å². The van der Waals surface area contributed by atoms with Crippen molar-refractivity contribution >= 4 is 12.6 Å². The third kappa shape index (κ3) is 1.87. The lowest BCUT2D eigenvalue weighted by Gasteiger charge is -2.42. The lowest BCUT2D eigenvalue weighted by atomic mass is 9.62. The molecule has 0 heterocycles. The van der Waals surface area contributed by atoms with Crippen molar-refractivity contribution in [2.45, 2.75) is 63.2 Å². The van der Waals surface area contributed by atoms with Gasteiger partial charge in [-0.15, -0.1) is 12.6 Å². The van der Waals surface area contributed by atoms with E-state index in [-0.39, 0.29) is 10.8 Å². The van der Waals surface area contributed by atoms with Crippen LogP contribution in [0.4, 0.5) is 0 Å². The van der Waals surface area contributed by atoms with Gasteiger partial charge in [-0.3, -0.25) is 0 Å². The summed E-state index contributed by atoms with van der Waals surface area (Å²) >= 11 is 4.43. The van der Waals surface area contributed by atoms with Gasteiger partial charge in [0.1, 0.15) is 5.75 Å². The first-order valence-corrected chi connectivity index (χ1v) is 6.68. The predicted molar refractivity (Wildman–Crippen MR) is 75.4 cm³/mol. The normalized spacial score (nSPS) is 21.1. The van der Waals surface area contributed by atoms with E-state index < -0.39 is 0 Å². The molecule has 0 spiro atoms. The fourth-order valence-corrected chi connectivity index (χ4v) is 3.07. The van der Waals surface area contributed by atoms with Crippen molar-refractivity contribution in [1.82, 2.24) is 0 Å². The number of benzene rings is 1. The Morgan fingerprint density at radius 2 is 1.65 bits per heavy atom. The lowest BCUT2D eigenvalue weighted by Crippen LogP contribution is -2.34. The molecule has 1 aliphatic rings. The van der Waals surface area contributed by atoms with Crippen molar-refractivity contribution in [3.63, 3.8) is 0 Å². The maximum absolute atomic E-state index is 10.4. The molecule has 0 aromatic heterocycles. The quantitative estimate of drug-likeness (QED) is 0.656. The van der Waals surface area contributed by atoms with Gasteiger partial charge in [0.25, 0.3) is 0 Å². The number of rotatable bonds is 0. The predicted octanol–water partition coefficient (Wildman–Crippen LogP) is 4.34. The summed E-state index contributed by atoms with van der Waals surface area (Å²) in [6, 6.07) is 2.21. The topological polar surface area (TPSA) is 20.2 Å². The standard InChI is InChI=1S/C15H22OS/c1-9-8-10-11(12(16)13(9)17)15(4,5)7-6-14(10,2)3/h8,16-17H,6-7H2,1-5H3. The van der Waals surface area contributed by atoms with Crippen molar-refractivity contribution in [2.24, 2.45) is 0 Å². The van der Waals surface area contributed by atoms with Crippen LogP contribution < -0.4 is 0 Å². The molecule has 1 nitrogen and oxygen atoms in total. The van der Waals surface area contributed by atoms with Crippen molar-refractivity contribution in [1.29, 1.82) is 0 Å². The summed E-state index contributed by atoms with van der Waals surface area (Å²) in [5.74, 6) is 0.390. The summed E-state index contributed by atoms with van der Waals surface area (Å²) in [7, 11) is 0. The minimum absolute atomic E-state index is 0.0418. The van der Waals surface area contributed by atoms with Crippen LogP contribution in [0.2, 0.25) is 0 Å². The smallest absolute Gasteiger partial charge is 0.133 e. The highest BCUT2D eigenvalue weighted by molar-refractivity contribution is 7.80. The van der Waals surface area contributed by atoms with Crippen LogP contribution in [-0.2, 0) is 10.8 Å². The second-order valence-corrected chi connectivity index (χ2v) is 7.03. The number of aryl methyl sites for hydroxylation is 1. The number of fused-ring (bicyclic) bond motifs is 1. The van der Waals surface area contributed by atoms with Gasteiger partial charge in [0, 0.05) is 10.5 Å². The van der Waals surface area contributed by atoms with Crippen LogP contribution in [0.1, 0.15) is 57.2 Å². The average Bonchev–Trinajstić information content (AvgIpc) is 2.21. The van der Waals surface area contributed by atoms with Gasteiger partial charge in [0.2, 0.25) is 0 Å². The number of hydrogen-bond acceptors (Lipinski definition) is 2. The highest BCUT2D eigenvalue weighted by Crippen LogP contribution is 2.51. The molecule has 0 fully saturated rings. The molecule has 1 aromatic carbocycles. The SMILES string of the molecule is Cc1cc2c(c(O)c1S)C(C)(C)CCC2(C)C. The Bertz CT molecular complexity index is 472. The highest BCUT2D eigenvalue weighted by Gasteiger charge is 2.39. The summed E-state index contributed by atoms with van der Waals surface area (Å²) in [4.78, 5) is 0.731. The fourth-order valence-electron chi connectivity index (χ4n) is 2.89. The molecule has 0 bridgehead atoms. The van der Waals surface area contributed by atoms with Crippen LogP contribution in [-0.4, -0.2) is 5.11 Å². The van der Waals surface area contributed by atoms with Crippen molar-refractivity contribution < 1.29 is 5.11 Å². The first-order valence-electron chi connectivity index (χ1n) is 6.23. The number of aromatic hydroxyl groups is 1. The zero-order valence-corrected chi connectivity index (χ0v) is 12.3.